The molecule has 243 valence electrons. The molecule has 0 radical (unpaired) electrons. The summed E-state index contributed by atoms with van der Waals surface area (Å²) in [5, 5.41) is 2.78. The first-order valence-electron chi connectivity index (χ1n) is 15.2. The molecule has 2 aromatic rings. The van der Waals surface area contributed by atoms with Crippen LogP contribution in [0.15, 0.2) is 30.5 Å². The molecule has 8 nitrogen and oxygen atoms in total. The van der Waals surface area contributed by atoms with E-state index in [-0.39, 0.29) is 24.6 Å². The maximum Gasteiger partial charge on any atom is 0.494 e. The third-order valence-corrected chi connectivity index (χ3v) is 10.7. The quantitative estimate of drug-likeness (QED) is 0.363. The standard InChI is InChI=1S/C31H46BF3N4O4Si/c1-20-18-39(19-21(2)38(20)7)26-12-11-22(32-42-29(3,4)30(5,6)43-32)15-25(26)37-28(40)23-17-36-27(16-24(23)31(33,34)35)41-13-14-44(8,9)10/h11-12,15-17,20-21H,13-14,18-19H2,1-10H3,(H,37,40)/q-1/t20-,21+. The van der Waals surface area contributed by atoms with Gasteiger partial charge in [-0.15, -0.1) is 14.1 Å². The van der Waals surface area contributed by atoms with E-state index in [1.165, 1.54) is 0 Å². The smallest absolute Gasteiger partial charge is 0.481 e. The Morgan fingerprint density at radius 3 is 2.23 bits per heavy atom. The number of carbonyl (C=O) groups excluding carboxylic acids is 1. The van der Waals surface area contributed by atoms with Gasteiger partial charge in [0.15, 0.2) is 0 Å². The van der Waals surface area contributed by atoms with Crippen LogP contribution in [0.2, 0.25) is 25.7 Å². The summed E-state index contributed by atoms with van der Waals surface area (Å²) in [7, 11) is -0.103. The number of carbonyl (C=O) groups is 1. The third kappa shape index (κ3) is 7.60. The third-order valence-electron chi connectivity index (χ3n) is 9.03. The number of hydrogen-bond donors (Lipinski definition) is 1. The fourth-order valence-electron chi connectivity index (χ4n) is 5.24. The van der Waals surface area contributed by atoms with E-state index in [9.17, 15) is 18.0 Å². The molecule has 2 saturated heterocycles. The first-order valence-corrected chi connectivity index (χ1v) is 18.9. The lowest BCUT2D eigenvalue weighted by Crippen LogP contribution is -2.55. The van der Waals surface area contributed by atoms with Crippen LogP contribution in [0.4, 0.5) is 24.5 Å². The first-order chi connectivity index (χ1) is 20.2. The van der Waals surface area contributed by atoms with Crippen LogP contribution in [0.25, 0.3) is 0 Å². The van der Waals surface area contributed by atoms with Crippen LogP contribution in [0.1, 0.15) is 57.5 Å². The number of benzene rings is 1. The fourth-order valence-corrected chi connectivity index (χ4v) is 5.95. The van der Waals surface area contributed by atoms with Gasteiger partial charge in [0.25, 0.3) is 5.91 Å². The summed E-state index contributed by atoms with van der Waals surface area (Å²) >= 11 is 0. The Morgan fingerprint density at radius 1 is 1.09 bits per heavy atom. The molecule has 1 amide bonds. The molecule has 0 unspecified atom stereocenters. The Kier molecular flexibility index (Phi) is 9.58. The average molecular weight is 635 g/mol. The van der Waals surface area contributed by atoms with Crippen molar-refractivity contribution < 1.29 is 32.0 Å². The van der Waals surface area contributed by atoms with Gasteiger partial charge >= 0.3 is 13.3 Å². The van der Waals surface area contributed by atoms with E-state index in [1.54, 1.807) is 6.07 Å². The summed E-state index contributed by atoms with van der Waals surface area (Å²) in [6, 6.07) is 7.51. The number of nitrogens with zero attached hydrogens (tertiary/aromatic N) is 3. The van der Waals surface area contributed by atoms with E-state index in [1.807, 2.05) is 39.8 Å². The highest BCUT2D eigenvalue weighted by atomic mass is 28.3. The SMILES string of the molecule is C[C@@H]1CN(c2ccc(B3OC(C)(C)C(C)(C)O3)cc2NC(=O)c2cnc(OCC[Si-](C)(C)C)cc2C(F)(F)F)C[C@H](C)N1C. The van der Waals surface area contributed by atoms with E-state index < -0.39 is 49.6 Å². The topological polar surface area (TPSA) is 76.2 Å². The highest BCUT2D eigenvalue weighted by Crippen LogP contribution is 2.38. The van der Waals surface area contributed by atoms with Crippen LogP contribution >= 0.6 is 0 Å². The van der Waals surface area contributed by atoms with Gasteiger partial charge in [-0.05, 0) is 66.2 Å². The maximum atomic E-state index is 14.2. The number of likely N-dealkylation sites (N-methyl/N-ethyl adjacent to an activating group) is 1. The van der Waals surface area contributed by atoms with Crippen molar-refractivity contribution in [2.45, 2.75) is 96.7 Å². The van der Waals surface area contributed by atoms with Gasteiger partial charge in [-0.3, -0.25) is 9.69 Å². The lowest BCUT2D eigenvalue weighted by Gasteiger charge is -2.44. The number of halogens is 3. The Hall–Kier alpha value is -2.61. The van der Waals surface area contributed by atoms with Gasteiger partial charge in [0.1, 0.15) is 0 Å². The van der Waals surface area contributed by atoms with Gasteiger partial charge in [0.05, 0.1) is 40.3 Å². The summed E-state index contributed by atoms with van der Waals surface area (Å²) in [5.74, 6) is -1.07. The molecule has 1 aromatic carbocycles. The average Bonchev–Trinajstić information content (AvgIpc) is 3.12. The Balaban J connectivity index is 1.69. The molecule has 2 atom stereocenters. The minimum atomic E-state index is -4.79. The predicted molar refractivity (Wildman–Crippen MR) is 172 cm³/mol. The largest absolute Gasteiger partial charge is 0.494 e. The van der Waals surface area contributed by atoms with Crippen LogP contribution in [-0.2, 0) is 15.5 Å². The van der Waals surface area contributed by atoms with Crippen molar-refractivity contribution in [3.63, 3.8) is 0 Å². The predicted octanol–water partition coefficient (Wildman–Crippen LogP) is 5.90. The molecule has 44 heavy (non-hydrogen) atoms. The Labute approximate surface area is 260 Å². The van der Waals surface area contributed by atoms with Gasteiger partial charge in [-0.1, -0.05) is 6.07 Å². The molecule has 4 rings (SSSR count). The molecule has 1 aromatic heterocycles. The molecular weight excluding hydrogens is 588 g/mol. The number of nitrogens with one attached hydrogen (secondary N) is 1. The molecular formula is C31H46BF3N4O4Si-. The van der Waals surface area contributed by atoms with E-state index in [4.69, 9.17) is 14.0 Å². The van der Waals surface area contributed by atoms with Gasteiger partial charge in [0.2, 0.25) is 5.88 Å². The van der Waals surface area contributed by atoms with Crippen molar-refractivity contribution in [2.24, 2.45) is 0 Å². The zero-order chi connectivity index (χ0) is 32.8. The first kappa shape index (κ1) is 34.3. The fraction of sp³-hybridized carbons (Fsp3) is 0.613. The molecule has 2 aliphatic rings. The summed E-state index contributed by atoms with van der Waals surface area (Å²) < 4.78 is 60.8. The molecule has 0 bridgehead atoms. The number of ether oxygens (including phenoxy) is 1. The second-order valence-corrected chi connectivity index (χ2v) is 19.9. The molecule has 3 heterocycles. The summed E-state index contributed by atoms with van der Waals surface area (Å²) in [5.41, 5.74) is -1.13. The zero-order valence-corrected chi connectivity index (χ0v) is 28.6. The number of rotatable bonds is 8. The van der Waals surface area contributed by atoms with Crippen LogP contribution in [0.3, 0.4) is 0 Å². The molecule has 13 heteroatoms. The monoisotopic (exact) mass is 634 g/mol. The van der Waals surface area contributed by atoms with Crippen molar-refractivity contribution in [1.82, 2.24) is 9.88 Å². The normalized spacial score (nSPS) is 22.3. The number of alkyl halides is 3. The van der Waals surface area contributed by atoms with Crippen LogP contribution in [0, 0.1) is 0 Å². The van der Waals surface area contributed by atoms with Gasteiger partial charge in [0, 0.05) is 37.4 Å². The minimum absolute atomic E-state index is 0.156. The highest BCUT2D eigenvalue weighted by Gasteiger charge is 2.52. The molecule has 1 N–H and O–H groups in total. The van der Waals surface area contributed by atoms with Crippen molar-refractivity contribution in [1.29, 1.82) is 0 Å². The molecule has 0 saturated carbocycles. The highest BCUT2D eigenvalue weighted by molar-refractivity contribution is 6.76. The van der Waals surface area contributed by atoms with Crippen LogP contribution in [0.5, 0.6) is 5.88 Å². The van der Waals surface area contributed by atoms with Gasteiger partial charge in [-0.2, -0.15) is 32.8 Å². The minimum Gasteiger partial charge on any atom is -0.481 e. The summed E-state index contributed by atoms with van der Waals surface area (Å²) in [4.78, 5) is 22.1. The van der Waals surface area contributed by atoms with E-state index in [2.05, 4.69) is 60.6 Å². The summed E-state index contributed by atoms with van der Waals surface area (Å²) in [6.45, 7) is 20.1. The molecule has 0 aliphatic carbocycles. The van der Waals surface area contributed by atoms with Gasteiger partial charge in [-0.25, -0.2) is 4.98 Å². The van der Waals surface area contributed by atoms with Gasteiger partial charge < -0.3 is 24.3 Å². The van der Waals surface area contributed by atoms with Crippen molar-refractivity contribution >= 4 is 37.9 Å². The number of pyridine rings is 1. The second kappa shape index (κ2) is 12.3. The Bertz CT molecular complexity index is 1340. The van der Waals surface area contributed by atoms with Crippen molar-refractivity contribution in [3.8, 4) is 5.88 Å². The lowest BCUT2D eigenvalue weighted by molar-refractivity contribution is -0.138. The lowest BCUT2D eigenvalue weighted by atomic mass is 9.78. The number of hydrogen-bond acceptors (Lipinski definition) is 7. The van der Waals surface area contributed by atoms with E-state index in [0.29, 0.717) is 29.9 Å². The van der Waals surface area contributed by atoms with E-state index >= 15 is 0 Å². The van der Waals surface area contributed by atoms with Crippen molar-refractivity contribution in [2.75, 3.05) is 37.0 Å². The maximum absolute atomic E-state index is 14.2. The zero-order valence-electron chi connectivity index (χ0n) is 27.6. The molecule has 2 aliphatic heterocycles. The van der Waals surface area contributed by atoms with E-state index in [0.717, 1.165) is 18.3 Å². The number of piperazine rings is 1. The summed E-state index contributed by atoms with van der Waals surface area (Å²) in [6.07, 6.45) is -3.85. The van der Waals surface area contributed by atoms with Crippen molar-refractivity contribution in [3.05, 3.63) is 41.6 Å². The number of anilines is 2. The van der Waals surface area contributed by atoms with Crippen LogP contribution < -0.4 is 20.4 Å². The number of amides is 1. The Morgan fingerprint density at radius 2 is 1.68 bits per heavy atom. The second-order valence-electron chi connectivity index (χ2n) is 14.3. The molecule has 0 spiro atoms. The number of aromatic nitrogens is 1. The van der Waals surface area contributed by atoms with Crippen LogP contribution in [-0.4, -0.2) is 81.0 Å². The molecule has 2 fully saturated rings.